The number of halogens is 1. The van der Waals surface area contributed by atoms with Crippen LogP contribution < -0.4 is 4.74 Å². The number of aliphatic hydroxyl groups excluding tert-OH is 1. The van der Waals surface area contributed by atoms with Gasteiger partial charge < -0.3 is 14.9 Å². The summed E-state index contributed by atoms with van der Waals surface area (Å²) < 4.78 is 6.16. The van der Waals surface area contributed by atoms with Gasteiger partial charge in [0.15, 0.2) is 0 Å². The van der Waals surface area contributed by atoms with E-state index >= 15 is 0 Å². The first kappa shape index (κ1) is 21.2. The van der Waals surface area contributed by atoms with E-state index in [0.29, 0.717) is 17.9 Å². The molecule has 0 saturated heterocycles. The number of ether oxygens (including phenoxy) is 1. The number of aromatic carboxylic acids is 1. The second kappa shape index (κ2) is 9.38. The van der Waals surface area contributed by atoms with E-state index in [4.69, 9.17) is 21.4 Å². The molecule has 1 aromatic heterocycles. The molecular formula is C24H25ClO4S. The lowest BCUT2D eigenvalue weighted by Gasteiger charge is -2.24. The molecular weight excluding hydrogens is 420 g/mol. The van der Waals surface area contributed by atoms with Crippen molar-refractivity contribution < 1.29 is 19.7 Å². The minimum absolute atomic E-state index is 0.00983. The van der Waals surface area contributed by atoms with E-state index in [1.165, 1.54) is 11.3 Å². The van der Waals surface area contributed by atoms with Gasteiger partial charge in [-0.05, 0) is 55.2 Å². The Kier molecular flexibility index (Phi) is 6.61. The van der Waals surface area contributed by atoms with Gasteiger partial charge in [0.05, 0.1) is 12.7 Å². The molecule has 2 aromatic carbocycles. The maximum Gasteiger partial charge on any atom is 0.345 e. The third kappa shape index (κ3) is 4.64. The van der Waals surface area contributed by atoms with Gasteiger partial charge in [0, 0.05) is 21.6 Å². The molecule has 158 valence electrons. The standard InChI is InChI=1S/C24H25ClO4S/c25-20-13-21(26)19(14-29-22-10-3-6-15-5-1-2-8-17(15)22)18(20)9-4-7-16-11-12-23(30-16)24(27)28/h1-3,5-6,8,10-12,18-21,26H,4,7,9,13-14H2,(H,27,28)/t18-,19-,20+,21-/m1/s1. The molecule has 2 N–H and O–H groups in total. The van der Waals surface area contributed by atoms with Gasteiger partial charge in [0.1, 0.15) is 10.6 Å². The molecule has 1 aliphatic rings. The van der Waals surface area contributed by atoms with Crippen molar-refractivity contribution in [3.63, 3.8) is 0 Å². The largest absolute Gasteiger partial charge is 0.493 e. The summed E-state index contributed by atoms with van der Waals surface area (Å²) in [6, 6.07) is 17.7. The monoisotopic (exact) mass is 444 g/mol. The Labute approximate surface area is 185 Å². The highest BCUT2D eigenvalue weighted by Gasteiger charge is 2.41. The second-order valence-corrected chi connectivity index (χ2v) is 9.63. The maximum absolute atomic E-state index is 11.0. The average Bonchev–Trinajstić information content (AvgIpc) is 3.31. The van der Waals surface area contributed by atoms with Crippen LogP contribution in [0.1, 0.15) is 33.8 Å². The lowest BCUT2D eigenvalue weighted by molar-refractivity contribution is 0.0701. The number of thiophene rings is 1. The minimum Gasteiger partial charge on any atom is -0.493 e. The summed E-state index contributed by atoms with van der Waals surface area (Å²) in [4.78, 5) is 12.5. The lowest BCUT2D eigenvalue weighted by Crippen LogP contribution is -2.27. The predicted octanol–water partition coefficient (Wildman–Crippen LogP) is 5.61. The molecule has 1 fully saturated rings. The highest BCUT2D eigenvalue weighted by molar-refractivity contribution is 7.13. The van der Waals surface area contributed by atoms with Crippen molar-refractivity contribution in [1.29, 1.82) is 0 Å². The molecule has 4 nitrogen and oxygen atoms in total. The Hall–Kier alpha value is -2.08. The Balaban J connectivity index is 1.38. The zero-order valence-corrected chi connectivity index (χ0v) is 18.1. The molecule has 1 heterocycles. The molecule has 0 amide bonds. The van der Waals surface area contributed by atoms with Gasteiger partial charge in [0.2, 0.25) is 0 Å². The number of hydrogen-bond donors (Lipinski definition) is 2. The van der Waals surface area contributed by atoms with Crippen molar-refractivity contribution in [2.75, 3.05) is 6.61 Å². The lowest BCUT2D eigenvalue weighted by atomic mass is 9.90. The molecule has 0 unspecified atom stereocenters. The number of benzene rings is 2. The van der Waals surface area contributed by atoms with E-state index < -0.39 is 12.1 Å². The first-order valence-electron chi connectivity index (χ1n) is 10.3. The third-order valence-corrected chi connectivity index (χ3v) is 7.62. The van der Waals surface area contributed by atoms with Crippen molar-refractivity contribution in [3.05, 3.63) is 64.4 Å². The number of hydrogen-bond acceptors (Lipinski definition) is 4. The fourth-order valence-electron chi connectivity index (χ4n) is 4.41. The summed E-state index contributed by atoms with van der Waals surface area (Å²) in [6.07, 6.45) is 2.73. The summed E-state index contributed by atoms with van der Waals surface area (Å²) in [5, 5.41) is 21.8. The van der Waals surface area contributed by atoms with Crippen LogP contribution in [0.15, 0.2) is 54.6 Å². The number of alkyl halides is 1. The topological polar surface area (TPSA) is 66.8 Å². The molecule has 0 aliphatic heterocycles. The van der Waals surface area contributed by atoms with Gasteiger partial charge in [-0.3, -0.25) is 0 Å². The Morgan fingerprint density at radius 2 is 1.90 bits per heavy atom. The molecule has 30 heavy (non-hydrogen) atoms. The van der Waals surface area contributed by atoms with Crippen LogP contribution in [0.2, 0.25) is 0 Å². The summed E-state index contributed by atoms with van der Waals surface area (Å²) in [5.41, 5.74) is 0. The first-order valence-corrected chi connectivity index (χ1v) is 11.5. The Morgan fingerprint density at radius 1 is 1.10 bits per heavy atom. The summed E-state index contributed by atoms with van der Waals surface area (Å²) in [6.45, 7) is 0.436. The highest BCUT2D eigenvalue weighted by Crippen LogP contribution is 2.40. The number of rotatable bonds is 8. The smallest absolute Gasteiger partial charge is 0.345 e. The molecule has 1 saturated carbocycles. The normalized spacial score (nSPS) is 23.7. The quantitative estimate of drug-likeness (QED) is 0.443. The second-order valence-electron chi connectivity index (χ2n) is 7.90. The average molecular weight is 445 g/mol. The first-order chi connectivity index (χ1) is 14.5. The van der Waals surface area contributed by atoms with E-state index in [0.717, 1.165) is 40.7 Å². The van der Waals surface area contributed by atoms with Gasteiger partial charge >= 0.3 is 5.97 Å². The van der Waals surface area contributed by atoms with Crippen molar-refractivity contribution >= 4 is 39.7 Å². The molecule has 4 rings (SSSR count). The van der Waals surface area contributed by atoms with E-state index in [1.54, 1.807) is 6.07 Å². The predicted molar refractivity (Wildman–Crippen MR) is 121 cm³/mol. The van der Waals surface area contributed by atoms with Crippen molar-refractivity contribution in [2.45, 2.75) is 37.2 Å². The summed E-state index contributed by atoms with van der Waals surface area (Å²) >= 11 is 7.91. The van der Waals surface area contributed by atoms with Crippen LogP contribution in [0.5, 0.6) is 5.75 Å². The van der Waals surface area contributed by atoms with E-state index in [9.17, 15) is 9.90 Å². The molecule has 6 heteroatoms. The molecule has 4 atom stereocenters. The Bertz CT molecular complexity index is 1010. The van der Waals surface area contributed by atoms with Crippen molar-refractivity contribution in [3.8, 4) is 5.75 Å². The summed E-state index contributed by atoms with van der Waals surface area (Å²) in [7, 11) is 0. The number of carbonyl (C=O) groups is 1. The zero-order chi connectivity index (χ0) is 21.1. The molecule has 1 aliphatic carbocycles. The SMILES string of the molecule is O=C(O)c1ccc(CCC[C@@H]2[C@@H](COc3cccc4ccccc34)[C@H](O)C[C@@H]2Cl)s1. The van der Waals surface area contributed by atoms with Gasteiger partial charge in [0.25, 0.3) is 0 Å². The molecule has 3 aromatic rings. The van der Waals surface area contributed by atoms with E-state index in [2.05, 4.69) is 12.1 Å². The van der Waals surface area contributed by atoms with Gasteiger partial charge in [-0.25, -0.2) is 4.79 Å². The minimum atomic E-state index is -0.878. The Morgan fingerprint density at radius 3 is 2.70 bits per heavy atom. The molecule has 0 radical (unpaired) electrons. The van der Waals surface area contributed by atoms with Crippen LogP contribution in [-0.2, 0) is 6.42 Å². The number of carboxylic acids is 1. The highest BCUT2D eigenvalue weighted by atomic mass is 35.5. The van der Waals surface area contributed by atoms with Crippen LogP contribution >= 0.6 is 22.9 Å². The van der Waals surface area contributed by atoms with E-state index in [1.807, 2.05) is 36.4 Å². The van der Waals surface area contributed by atoms with Gasteiger partial charge in [-0.15, -0.1) is 22.9 Å². The van der Waals surface area contributed by atoms with Crippen LogP contribution in [-0.4, -0.2) is 34.3 Å². The van der Waals surface area contributed by atoms with Crippen LogP contribution in [0, 0.1) is 11.8 Å². The fourth-order valence-corrected chi connectivity index (χ4v) is 5.79. The van der Waals surface area contributed by atoms with Crippen LogP contribution in [0.3, 0.4) is 0 Å². The zero-order valence-electron chi connectivity index (χ0n) is 16.5. The van der Waals surface area contributed by atoms with Gasteiger partial charge in [-0.1, -0.05) is 36.4 Å². The fraction of sp³-hybridized carbons (Fsp3) is 0.375. The number of carboxylic acid groups (broad SMARTS) is 1. The maximum atomic E-state index is 11.0. The van der Waals surface area contributed by atoms with Crippen molar-refractivity contribution in [1.82, 2.24) is 0 Å². The van der Waals surface area contributed by atoms with Gasteiger partial charge in [-0.2, -0.15) is 0 Å². The van der Waals surface area contributed by atoms with Crippen LogP contribution in [0.4, 0.5) is 0 Å². The van der Waals surface area contributed by atoms with Crippen LogP contribution in [0.25, 0.3) is 10.8 Å². The number of fused-ring (bicyclic) bond motifs is 1. The summed E-state index contributed by atoms with van der Waals surface area (Å²) in [5.74, 6) is 0.119. The number of aliphatic hydroxyl groups is 1. The third-order valence-electron chi connectivity index (χ3n) is 5.99. The molecule has 0 spiro atoms. The number of aryl methyl sites for hydroxylation is 1. The van der Waals surface area contributed by atoms with E-state index in [-0.39, 0.29) is 17.2 Å². The molecule has 0 bridgehead atoms. The van der Waals surface area contributed by atoms with Crippen molar-refractivity contribution in [2.24, 2.45) is 11.8 Å².